The minimum atomic E-state index is -3.61. The molecular formula is C16H31N6O3P. The van der Waals surface area contributed by atoms with Crippen LogP contribution in [0.1, 0.15) is 17.5 Å². The molecule has 26 heavy (non-hydrogen) atoms. The van der Waals surface area contributed by atoms with Crippen LogP contribution in [0.2, 0.25) is 0 Å². The van der Waals surface area contributed by atoms with Crippen molar-refractivity contribution in [2.24, 2.45) is 21.1 Å². The van der Waals surface area contributed by atoms with E-state index in [1.165, 1.54) is 0 Å². The van der Waals surface area contributed by atoms with Crippen LogP contribution in [0.25, 0.3) is 0 Å². The largest absolute Gasteiger partial charge is 0.338 e. The summed E-state index contributed by atoms with van der Waals surface area (Å²) in [5.74, 6) is 3.17. The molecule has 3 N–H and O–H groups in total. The first kappa shape index (κ1) is 23.9. The Morgan fingerprint density at radius 3 is 0.885 bits per heavy atom. The molecule has 0 amide bonds. The van der Waals surface area contributed by atoms with Crippen LogP contribution >= 0.6 is 7.94 Å². The first-order valence-electron chi connectivity index (χ1n) is 7.90. The van der Waals surface area contributed by atoms with E-state index in [1.807, 2.05) is 74.2 Å². The maximum Gasteiger partial charge on any atom is 0.105 e. The van der Waals surface area contributed by atoms with E-state index in [1.54, 1.807) is 18.6 Å². The summed E-state index contributed by atoms with van der Waals surface area (Å²) in [6, 6.07) is 0. The molecule has 0 bridgehead atoms. The van der Waals surface area contributed by atoms with Crippen LogP contribution in [0.15, 0.2) is 37.2 Å². The molecule has 0 aromatic carbocycles. The number of nitrogens with zero attached hydrogens (tertiary/aromatic N) is 6. The predicted molar refractivity (Wildman–Crippen MR) is 105 cm³/mol. The van der Waals surface area contributed by atoms with Crippen molar-refractivity contribution in [1.29, 1.82) is 0 Å². The average Bonchev–Trinajstić information content (AvgIpc) is 3.18. The zero-order valence-corrected chi connectivity index (χ0v) is 17.5. The predicted octanol–water partition coefficient (Wildman–Crippen LogP) is 1.27. The average molecular weight is 386 g/mol. The summed E-state index contributed by atoms with van der Waals surface area (Å²) in [7, 11) is 2.31. The Morgan fingerprint density at radius 2 is 0.846 bits per heavy atom. The third-order valence-electron chi connectivity index (χ3n) is 3.19. The van der Waals surface area contributed by atoms with Gasteiger partial charge in [-0.2, -0.15) is 0 Å². The minimum Gasteiger partial charge on any atom is -0.338 e. The summed E-state index contributed by atoms with van der Waals surface area (Å²) in [5, 5.41) is 0. The van der Waals surface area contributed by atoms with E-state index in [0.29, 0.717) is 0 Å². The van der Waals surface area contributed by atoms with Crippen molar-refractivity contribution >= 4 is 7.94 Å². The zero-order valence-electron chi connectivity index (χ0n) is 16.5. The molecular weight excluding hydrogens is 355 g/mol. The molecule has 3 aromatic rings. The number of rotatable bonds is 0. The molecule has 3 aromatic heterocycles. The molecule has 0 aliphatic heterocycles. The normalized spacial score (nSPS) is 10.5. The fourth-order valence-electron chi connectivity index (χ4n) is 1.32. The van der Waals surface area contributed by atoms with Gasteiger partial charge in [0.05, 0.1) is 0 Å². The van der Waals surface area contributed by atoms with Gasteiger partial charge < -0.3 is 13.7 Å². The van der Waals surface area contributed by atoms with E-state index in [-0.39, 0.29) is 0 Å². The monoisotopic (exact) mass is 386 g/mol. The van der Waals surface area contributed by atoms with Gasteiger partial charge in [-0.05, 0) is 20.8 Å². The summed E-state index contributed by atoms with van der Waals surface area (Å²) in [4.78, 5) is 35.2. The molecule has 0 radical (unpaired) electrons. The molecule has 0 spiro atoms. The van der Waals surface area contributed by atoms with Gasteiger partial charge in [-0.25, -0.2) is 15.0 Å². The van der Waals surface area contributed by atoms with Crippen LogP contribution < -0.4 is 0 Å². The van der Waals surface area contributed by atoms with Crippen LogP contribution in [-0.2, 0) is 21.1 Å². The summed E-state index contributed by atoms with van der Waals surface area (Å²) in [5.41, 5.74) is 0. The van der Waals surface area contributed by atoms with Gasteiger partial charge in [0.1, 0.15) is 17.5 Å². The van der Waals surface area contributed by atoms with Gasteiger partial charge in [0.15, 0.2) is 0 Å². The topological polar surface area (TPSA) is 114 Å². The standard InChI is InChI=1S/3C5H8N2.CH7O3P/c3*1-5-6-3-4-7(5)2;1-5(2,3)4/h3*3-4H,1-2H3;2-5H,1H3. The van der Waals surface area contributed by atoms with Crippen molar-refractivity contribution in [2.45, 2.75) is 20.8 Å². The van der Waals surface area contributed by atoms with Crippen LogP contribution in [0.5, 0.6) is 0 Å². The second-order valence-corrected chi connectivity index (χ2v) is 7.67. The molecule has 3 heterocycles. The molecule has 0 unspecified atom stereocenters. The number of aryl methyl sites for hydroxylation is 6. The number of aromatic nitrogens is 6. The molecule has 0 aliphatic rings. The Bertz CT molecular complexity index is 599. The van der Waals surface area contributed by atoms with Crippen LogP contribution in [-0.4, -0.2) is 50.0 Å². The van der Waals surface area contributed by atoms with Crippen molar-refractivity contribution in [3.05, 3.63) is 54.7 Å². The van der Waals surface area contributed by atoms with E-state index in [4.69, 9.17) is 14.7 Å². The maximum atomic E-state index is 7.77. The van der Waals surface area contributed by atoms with E-state index in [9.17, 15) is 0 Å². The molecule has 0 saturated carbocycles. The second kappa shape index (κ2) is 11.5. The summed E-state index contributed by atoms with van der Waals surface area (Å²) < 4.78 is 5.92. The van der Waals surface area contributed by atoms with Crippen LogP contribution in [0, 0.1) is 20.8 Å². The molecule has 10 heteroatoms. The van der Waals surface area contributed by atoms with Gasteiger partial charge in [-0.15, -0.1) is 0 Å². The fraction of sp³-hybridized carbons (Fsp3) is 0.438. The SMILES string of the molecule is C[PH](O)(O)O.Cc1nccn1C.Cc1nccn1C.Cc1nccn1C. The van der Waals surface area contributed by atoms with Crippen molar-refractivity contribution in [3.63, 3.8) is 0 Å². The molecule has 9 nitrogen and oxygen atoms in total. The van der Waals surface area contributed by atoms with Crippen LogP contribution in [0.4, 0.5) is 0 Å². The van der Waals surface area contributed by atoms with Gasteiger partial charge in [0, 0.05) is 58.3 Å². The third-order valence-corrected chi connectivity index (χ3v) is 3.19. The molecule has 0 fully saturated rings. The minimum absolute atomic E-state index is 0.993. The van der Waals surface area contributed by atoms with E-state index in [2.05, 4.69) is 15.0 Å². The van der Waals surface area contributed by atoms with Crippen LogP contribution in [0.3, 0.4) is 0 Å². The zero-order chi connectivity index (χ0) is 20.3. The van der Waals surface area contributed by atoms with Crippen molar-refractivity contribution in [2.75, 3.05) is 6.66 Å². The van der Waals surface area contributed by atoms with Crippen molar-refractivity contribution < 1.29 is 14.7 Å². The Hall–Kier alpha value is -2.06. The van der Waals surface area contributed by atoms with E-state index in [0.717, 1.165) is 24.1 Å². The summed E-state index contributed by atoms with van der Waals surface area (Å²) in [6.45, 7) is 6.91. The first-order chi connectivity index (χ1) is 11.9. The number of hydrogen-bond acceptors (Lipinski definition) is 6. The number of imidazole rings is 3. The van der Waals surface area contributed by atoms with E-state index < -0.39 is 7.94 Å². The van der Waals surface area contributed by atoms with Gasteiger partial charge in [-0.3, -0.25) is 0 Å². The molecule has 0 aliphatic carbocycles. The van der Waals surface area contributed by atoms with Crippen molar-refractivity contribution in [1.82, 2.24) is 28.7 Å². The number of hydrogen-bond donors (Lipinski definition) is 3. The molecule has 0 atom stereocenters. The van der Waals surface area contributed by atoms with E-state index >= 15 is 0 Å². The molecule has 3 rings (SSSR count). The van der Waals surface area contributed by atoms with Gasteiger partial charge in [0.2, 0.25) is 0 Å². The quantitative estimate of drug-likeness (QED) is 0.502. The Balaban J connectivity index is 0.000000324. The summed E-state index contributed by atoms with van der Waals surface area (Å²) >= 11 is 0. The second-order valence-electron chi connectivity index (χ2n) is 5.73. The Kier molecular flexibility index (Phi) is 10.6. The van der Waals surface area contributed by atoms with Gasteiger partial charge >= 0.3 is 29.3 Å². The molecule has 148 valence electrons. The van der Waals surface area contributed by atoms with Gasteiger partial charge in [0.25, 0.3) is 0 Å². The smallest absolute Gasteiger partial charge is 0.105 e. The van der Waals surface area contributed by atoms with Gasteiger partial charge in [-0.1, -0.05) is 0 Å². The molecule has 0 saturated heterocycles. The Labute approximate surface area is 155 Å². The van der Waals surface area contributed by atoms with Crippen molar-refractivity contribution in [3.8, 4) is 0 Å². The maximum absolute atomic E-state index is 7.77. The third kappa shape index (κ3) is 12.3. The Morgan fingerprint density at radius 1 is 0.654 bits per heavy atom. The first-order valence-corrected chi connectivity index (χ1v) is 10.2. The summed E-state index contributed by atoms with van der Waals surface area (Å²) in [6.07, 6.45) is 11.1. The fourth-order valence-corrected chi connectivity index (χ4v) is 1.32.